The zero-order valence-corrected chi connectivity index (χ0v) is 11.7. The summed E-state index contributed by atoms with van der Waals surface area (Å²) in [7, 11) is 0. The van der Waals surface area contributed by atoms with Gasteiger partial charge in [-0.15, -0.1) is 0 Å². The average Bonchev–Trinajstić information content (AvgIpc) is 2.29. The molecular weight excluding hydrogens is 226 g/mol. The van der Waals surface area contributed by atoms with Crippen molar-refractivity contribution in [3.8, 4) is 0 Å². The van der Waals surface area contributed by atoms with E-state index < -0.39 is 5.60 Å². The highest BCUT2D eigenvalue weighted by molar-refractivity contribution is 5.72. The Hall–Kier alpha value is -1.35. The second-order valence-electron chi connectivity index (χ2n) is 5.34. The van der Waals surface area contributed by atoms with Crippen LogP contribution in [0.3, 0.4) is 0 Å². The molecule has 0 bridgehead atoms. The Labute approximate surface area is 110 Å². The van der Waals surface area contributed by atoms with Gasteiger partial charge in [0.15, 0.2) is 0 Å². The highest BCUT2D eigenvalue weighted by Gasteiger charge is 2.17. The van der Waals surface area contributed by atoms with E-state index in [-0.39, 0.29) is 18.6 Å². The fraction of sp³-hybridized carbons (Fsp3) is 0.533. The first kappa shape index (κ1) is 14.7. The van der Waals surface area contributed by atoms with Gasteiger partial charge in [0.05, 0.1) is 6.54 Å². The number of ether oxygens (including phenoxy) is 1. The minimum absolute atomic E-state index is 0.193. The van der Waals surface area contributed by atoms with Gasteiger partial charge >= 0.3 is 5.97 Å². The molecule has 0 aliphatic heterocycles. The van der Waals surface area contributed by atoms with Crippen LogP contribution in [0, 0.1) is 0 Å². The molecule has 0 heterocycles. The number of rotatable bonds is 5. The molecule has 0 radical (unpaired) electrons. The van der Waals surface area contributed by atoms with E-state index in [0.717, 1.165) is 6.42 Å². The normalized spacial score (nSPS) is 13.1. The molecule has 0 saturated carbocycles. The van der Waals surface area contributed by atoms with Crippen LogP contribution < -0.4 is 5.32 Å². The van der Waals surface area contributed by atoms with Crippen molar-refractivity contribution in [2.24, 2.45) is 0 Å². The molecular formula is C15H23NO2. The maximum atomic E-state index is 11.6. The van der Waals surface area contributed by atoms with Gasteiger partial charge in [-0.1, -0.05) is 37.3 Å². The Kier molecular flexibility index (Phi) is 5.35. The Balaban J connectivity index is 2.48. The third-order valence-electron chi connectivity index (χ3n) is 2.52. The second-order valence-corrected chi connectivity index (χ2v) is 5.34. The molecule has 1 aromatic rings. The quantitative estimate of drug-likeness (QED) is 0.815. The van der Waals surface area contributed by atoms with Gasteiger partial charge < -0.3 is 10.1 Å². The predicted molar refractivity (Wildman–Crippen MR) is 73.3 cm³/mol. The number of hydrogen-bond donors (Lipinski definition) is 1. The summed E-state index contributed by atoms with van der Waals surface area (Å²) in [6.45, 7) is 7.96. The Morgan fingerprint density at radius 1 is 1.28 bits per heavy atom. The number of carbonyl (C=O) groups is 1. The standard InChI is InChI=1S/C15H23NO2/c1-5-13(12-9-7-6-8-10-12)16-11-14(17)18-15(2,3)4/h6-10,13,16H,5,11H2,1-4H3. The van der Waals surface area contributed by atoms with Crippen molar-refractivity contribution < 1.29 is 9.53 Å². The summed E-state index contributed by atoms with van der Waals surface area (Å²) in [5, 5.41) is 3.23. The van der Waals surface area contributed by atoms with E-state index in [1.54, 1.807) is 0 Å². The first-order valence-electron chi connectivity index (χ1n) is 6.42. The maximum Gasteiger partial charge on any atom is 0.320 e. The van der Waals surface area contributed by atoms with E-state index >= 15 is 0 Å². The lowest BCUT2D eigenvalue weighted by atomic mass is 10.0. The highest BCUT2D eigenvalue weighted by Crippen LogP contribution is 2.15. The smallest absolute Gasteiger partial charge is 0.320 e. The predicted octanol–water partition coefficient (Wildman–Crippen LogP) is 3.07. The van der Waals surface area contributed by atoms with Gasteiger partial charge in [-0.2, -0.15) is 0 Å². The van der Waals surface area contributed by atoms with Gasteiger partial charge in [0.25, 0.3) is 0 Å². The lowest BCUT2D eigenvalue weighted by Crippen LogP contribution is -2.33. The van der Waals surface area contributed by atoms with Crippen LogP contribution in [0.2, 0.25) is 0 Å². The van der Waals surface area contributed by atoms with Crippen LogP contribution in [0.1, 0.15) is 45.7 Å². The van der Waals surface area contributed by atoms with Gasteiger partial charge in [0, 0.05) is 6.04 Å². The van der Waals surface area contributed by atoms with Crippen molar-refractivity contribution in [1.82, 2.24) is 5.32 Å². The molecule has 0 aromatic heterocycles. The van der Waals surface area contributed by atoms with Crippen LogP contribution in [0.4, 0.5) is 0 Å². The molecule has 0 aliphatic rings. The van der Waals surface area contributed by atoms with Crippen molar-refractivity contribution in [1.29, 1.82) is 0 Å². The van der Waals surface area contributed by atoms with E-state index in [1.165, 1.54) is 5.56 Å². The number of carbonyl (C=O) groups excluding carboxylic acids is 1. The van der Waals surface area contributed by atoms with Gasteiger partial charge in [-0.05, 0) is 32.8 Å². The van der Waals surface area contributed by atoms with Crippen LogP contribution in [0.5, 0.6) is 0 Å². The lowest BCUT2D eigenvalue weighted by Gasteiger charge is -2.21. The summed E-state index contributed by atoms with van der Waals surface area (Å²) < 4.78 is 5.27. The van der Waals surface area contributed by atoms with E-state index in [4.69, 9.17) is 4.74 Å². The van der Waals surface area contributed by atoms with Crippen molar-refractivity contribution >= 4 is 5.97 Å². The maximum absolute atomic E-state index is 11.6. The topological polar surface area (TPSA) is 38.3 Å². The van der Waals surface area contributed by atoms with Crippen LogP contribution in [-0.2, 0) is 9.53 Å². The summed E-state index contributed by atoms with van der Waals surface area (Å²) in [6.07, 6.45) is 0.937. The van der Waals surface area contributed by atoms with E-state index in [1.807, 2.05) is 39.0 Å². The molecule has 1 rings (SSSR count). The van der Waals surface area contributed by atoms with Crippen molar-refractivity contribution in [2.45, 2.75) is 45.8 Å². The Morgan fingerprint density at radius 3 is 2.39 bits per heavy atom. The molecule has 0 aliphatic carbocycles. The van der Waals surface area contributed by atoms with Gasteiger partial charge in [0.2, 0.25) is 0 Å². The third-order valence-corrected chi connectivity index (χ3v) is 2.52. The lowest BCUT2D eigenvalue weighted by molar-refractivity contribution is -0.153. The summed E-state index contributed by atoms with van der Waals surface area (Å²) in [5.41, 5.74) is 0.774. The summed E-state index contributed by atoms with van der Waals surface area (Å²) >= 11 is 0. The fourth-order valence-electron chi connectivity index (χ4n) is 1.77. The zero-order chi connectivity index (χ0) is 13.6. The molecule has 3 heteroatoms. The number of hydrogen-bond acceptors (Lipinski definition) is 3. The summed E-state index contributed by atoms with van der Waals surface area (Å²) in [6, 6.07) is 10.3. The molecule has 18 heavy (non-hydrogen) atoms. The second kappa shape index (κ2) is 6.55. The first-order chi connectivity index (χ1) is 8.42. The molecule has 3 nitrogen and oxygen atoms in total. The van der Waals surface area contributed by atoms with E-state index in [2.05, 4.69) is 24.4 Å². The van der Waals surface area contributed by atoms with Crippen LogP contribution >= 0.6 is 0 Å². The van der Waals surface area contributed by atoms with Crippen molar-refractivity contribution in [2.75, 3.05) is 6.54 Å². The fourth-order valence-corrected chi connectivity index (χ4v) is 1.77. The van der Waals surface area contributed by atoms with Crippen molar-refractivity contribution in [3.05, 3.63) is 35.9 Å². The molecule has 0 amide bonds. The molecule has 1 aromatic carbocycles. The Morgan fingerprint density at radius 2 is 1.89 bits per heavy atom. The monoisotopic (exact) mass is 249 g/mol. The average molecular weight is 249 g/mol. The molecule has 1 N–H and O–H groups in total. The van der Waals surface area contributed by atoms with Crippen molar-refractivity contribution in [3.63, 3.8) is 0 Å². The molecule has 1 atom stereocenters. The number of nitrogens with one attached hydrogen (secondary N) is 1. The largest absolute Gasteiger partial charge is 0.459 e. The van der Waals surface area contributed by atoms with Gasteiger partial charge in [-0.3, -0.25) is 4.79 Å². The SMILES string of the molecule is CCC(NCC(=O)OC(C)(C)C)c1ccccc1. The summed E-state index contributed by atoms with van der Waals surface area (Å²) in [4.78, 5) is 11.6. The molecule has 0 fully saturated rings. The molecule has 1 unspecified atom stereocenters. The third kappa shape index (κ3) is 5.32. The van der Waals surface area contributed by atoms with Gasteiger partial charge in [-0.25, -0.2) is 0 Å². The van der Waals surface area contributed by atoms with Crippen LogP contribution in [0.25, 0.3) is 0 Å². The zero-order valence-electron chi connectivity index (χ0n) is 11.7. The molecule has 0 spiro atoms. The Bertz CT molecular complexity index is 368. The summed E-state index contributed by atoms with van der Waals surface area (Å²) in [5.74, 6) is -0.211. The number of esters is 1. The number of benzene rings is 1. The van der Waals surface area contributed by atoms with Crippen LogP contribution in [-0.4, -0.2) is 18.1 Å². The van der Waals surface area contributed by atoms with E-state index in [0.29, 0.717) is 0 Å². The van der Waals surface area contributed by atoms with Gasteiger partial charge in [0.1, 0.15) is 5.60 Å². The molecule has 100 valence electrons. The first-order valence-corrected chi connectivity index (χ1v) is 6.42. The minimum Gasteiger partial charge on any atom is -0.459 e. The van der Waals surface area contributed by atoms with E-state index in [9.17, 15) is 4.79 Å². The highest BCUT2D eigenvalue weighted by atomic mass is 16.6. The molecule has 0 saturated heterocycles. The van der Waals surface area contributed by atoms with Crippen LogP contribution in [0.15, 0.2) is 30.3 Å². The minimum atomic E-state index is -0.423.